The molecule has 25 heavy (non-hydrogen) atoms. The van der Waals surface area contributed by atoms with Crippen LogP contribution in [0.25, 0.3) is 0 Å². The van der Waals surface area contributed by atoms with Gasteiger partial charge in [-0.2, -0.15) is 0 Å². The van der Waals surface area contributed by atoms with Crippen LogP contribution in [0.3, 0.4) is 0 Å². The van der Waals surface area contributed by atoms with E-state index in [1.54, 1.807) is 31.2 Å². The zero-order valence-electron chi connectivity index (χ0n) is 14.0. The molecule has 0 saturated carbocycles. The number of rotatable bonds is 5. The Morgan fingerprint density at radius 1 is 1.04 bits per heavy atom. The molecule has 0 amide bonds. The number of carbonyl (C=O) groups excluding carboxylic acids is 3. The number of methoxy groups -OCH3 is 2. The molecular weight excluding hydrogens is 346 g/mol. The number of ether oxygens (including phenoxy) is 3. The molecule has 0 aliphatic heterocycles. The van der Waals surface area contributed by atoms with Gasteiger partial charge in [0.1, 0.15) is 22.0 Å². The molecule has 2 aromatic rings. The second-order valence-electron chi connectivity index (χ2n) is 5.02. The molecule has 0 radical (unpaired) electrons. The third-order valence-corrected chi connectivity index (χ3v) is 4.55. The maximum atomic E-state index is 12.3. The van der Waals surface area contributed by atoms with Crippen LogP contribution in [0.1, 0.15) is 41.5 Å². The van der Waals surface area contributed by atoms with E-state index in [1.165, 1.54) is 14.2 Å². The van der Waals surface area contributed by atoms with Gasteiger partial charge in [0.2, 0.25) is 0 Å². The molecule has 0 aliphatic rings. The quantitative estimate of drug-likeness (QED) is 0.643. The van der Waals surface area contributed by atoms with E-state index in [4.69, 9.17) is 19.9 Å². The van der Waals surface area contributed by atoms with Gasteiger partial charge in [-0.25, -0.2) is 14.4 Å². The first kappa shape index (κ1) is 18.5. The highest BCUT2D eigenvalue weighted by molar-refractivity contribution is 7.18. The first-order valence-corrected chi connectivity index (χ1v) is 8.02. The normalized spacial score (nSPS) is 10.2. The van der Waals surface area contributed by atoms with Gasteiger partial charge in [0, 0.05) is 5.56 Å². The van der Waals surface area contributed by atoms with Crippen molar-refractivity contribution in [2.45, 2.75) is 13.5 Å². The van der Waals surface area contributed by atoms with Crippen molar-refractivity contribution < 1.29 is 28.6 Å². The highest BCUT2D eigenvalue weighted by Gasteiger charge is 2.28. The van der Waals surface area contributed by atoms with Gasteiger partial charge in [-0.15, -0.1) is 11.3 Å². The van der Waals surface area contributed by atoms with E-state index in [1.807, 2.05) is 0 Å². The number of nitrogens with two attached hydrogens (primary N) is 1. The van der Waals surface area contributed by atoms with Gasteiger partial charge in [0.15, 0.2) is 0 Å². The van der Waals surface area contributed by atoms with E-state index in [-0.39, 0.29) is 27.6 Å². The Kier molecular flexibility index (Phi) is 5.76. The van der Waals surface area contributed by atoms with Gasteiger partial charge in [-0.1, -0.05) is 18.2 Å². The Bertz CT molecular complexity index is 827. The molecule has 1 aromatic heterocycles. The summed E-state index contributed by atoms with van der Waals surface area (Å²) in [5, 5.41) is 0.0918. The molecule has 1 aromatic carbocycles. The maximum absolute atomic E-state index is 12.3. The summed E-state index contributed by atoms with van der Waals surface area (Å²) in [6.45, 7) is 1.47. The Hall–Kier alpha value is -2.87. The molecule has 7 nitrogen and oxygen atoms in total. The SMILES string of the molecule is COC(=O)c1sc(N)c(C(=O)OC)c1COC(=O)c1ccccc1C. The largest absolute Gasteiger partial charge is 0.465 e. The zero-order chi connectivity index (χ0) is 18.6. The minimum atomic E-state index is -0.717. The fraction of sp³-hybridized carbons (Fsp3) is 0.235. The molecular formula is C17H17NO6S. The van der Waals surface area contributed by atoms with Crippen molar-refractivity contribution in [1.82, 2.24) is 0 Å². The van der Waals surface area contributed by atoms with Crippen LogP contribution in [-0.4, -0.2) is 32.1 Å². The number of nitrogen functional groups attached to an aromatic ring is 1. The predicted octanol–water partition coefficient (Wildman–Crippen LogP) is 2.57. The molecule has 0 bridgehead atoms. The van der Waals surface area contributed by atoms with Gasteiger partial charge in [0.05, 0.1) is 19.8 Å². The number of anilines is 1. The molecule has 0 aliphatic carbocycles. The fourth-order valence-electron chi connectivity index (χ4n) is 2.22. The summed E-state index contributed by atoms with van der Waals surface area (Å²) < 4.78 is 14.7. The van der Waals surface area contributed by atoms with E-state index in [0.717, 1.165) is 16.9 Å². The van der Waals surface area contributed by atoms with Crippen molar-refractivity contribution in [3.05, 3.63) is 51.4 Å². The Morgan fingerprint density at radius 3 is 2.28 bits per heavy atom. The standard InChI is InChI=1S/C17H17NO6S/c1-9-6-4-5-7-10(9)15(19)24-8-11-12(16(20)22-2)14(18)25-13(11)17(21)23-3/h4-7H,8,18H2,1-3H3. The van der Waals surface area contributed by atoms with Crippen LogP contribution < -0.4 is 5.73 Å². The van der Waals surface area contributed by atoms with Crippen molar-refractivity contribution in [3.63, 3.8) is 0 Å². The molecule has 0 spiro atoms. The summed E-state index contributed by atoms with van der Waals surface area (Å²) in [4.78, 5) is 36.2. The minimum absolute atomic E-state index is 0.00508. The summed E-state index contributed by atoms with van der Waals surface area (Å²) >= 11 is 0.879. The highest BCUT2D eigenvalue weighted by Crippen LogP contribution is 2.33. The van der Waals surface area contributed by atoms with E-state index in [0.29, 0.717) is 5.56 Å². The summed E-state index contributed by atoms with van der Waals surface area (Å²) in [7, 11) is 2.40. The van der Waals surface area contributed by atoms with Crippen LogP contribution in [0.2, 0.25) is 0 Å². The molecule has 132 valence electrons. The fourth-order valence-corrected chi connectivity index (χ4v) is 3.20. The summed E-state index contributed by atoms with van der Waals surface area (Å²) in [5.74, 6) is -1.96. The van der Waals surface area contributed by atoms with Gasteiger partial charge >= 0.3 is 17.9 Å². The lowest BCUT2D eigenvalue weighted by Gasteiger charge is -2.09. The number of thiophene rings is 1. The first-order chi connectivity index (χ1) is 11.9. The lowest BCUT2D eigenvalue weighted by molar-refractivity contribution is 0.0452. The predicted molar refractivity (Wildman–Crippen MR) is 91.7 cm³/mol. The third-order valence-electron chi connectivity index (χ3n) is 3.51. The van der Waals surface area contributed by atoms with Gasteiger partial charge in [-0.05, 0) is 18.6 Å². The summed E-state index contributed by atoms with van der Waals surface area (Å²) in [5.41, 5.74) is 7.14. The lowest BCUT2D eigenvalue weighted by atomic mass is 10.1. The zero-order valence-corrected chi connectivity index (χ0v) is 14.8. The number of hydrogen-bond donors (Lipinski definition) is 1. The van der Waals surface area contributed by atoms with Crippen molar-refractivity contribution in [1.29, 1.82) is 0 Å². The number of aryl methyl sites for hydroxylation is 1. The minimum Gasteiger partial charge on any atom is -0.465 e. The Labute approximate surface area is 148 Å². The number of benzene rings is 1. The molecule has 0 fully saturated rings. The molecule has 2 N–H and O–H groups in total. The van der Waals surface area contributed by atoms with Gasteiger partial charge < -0.3 is 19.9 Å². The Morgan fingerprint density at radius 2 is 1.68 bits per heavy atom. The van der Waals surface area contributed by atoms with E-state index in [9.17, 15) is 14.4 Å². The number of esters is 3. The summed E-state index contributed by atoms with van der Waals surface area (Å²) in [6, 6.07) is 6.92. The molecule has 0 unspecified atom stereocenters. The van der Waals surface area contributed by atoms with Crippen molar-refractivity contribution >= 4 is 34.2 Å². The molecule has 0 saturated heterocycles. The van der Waals surface area contributed by atoms with Gasteiger partial charge in [0.25, 0.3) is 0 Å². The van der Waals surface area contributed by atoms with Crippen LogP contribution >= 0.6 is 11.3 Å². The Balaban J connectivity index is 2.34. The number of carbonyl (C=O) groups is 3. The number of hydrogen-bond acceptors (Lipinski definition) is 8. The summed E-state index contributed by atoms with van der Waals surface area (Å²) in [6.07, 6.45) is 0. The maximum Gasteiger partial charge on any atom is 0.348 e. The first-order valence-electron chi connectivity index (χ1n) is 7.21. The van der Waals surface area contributed by atoms with Crippen LogP contribution in [0.5, 0.6) is 0 Å². The molecule has 0 atom stereocenters. The van der Waals surface area contributed by atoms with Crippen LogP contribution in [0.15, 0.2) is 24.3 Å². The molecule has 2 rings (SSSR count). The molecule has 8 heteroatoms. The lowest BCUT2D eigenvalue weighted by Crippen LogP contribution is -2.13. The van der Waals surface area contributed by atoms with E-state index >= 15 is 0 Å². The topological polar surface area (TPSA) is 105 Å². The van der Waals surface area contributed by atoms with Crippen LogP contribution in [-0.2, 0) is 20.8 Å². The van der Waals surface area contributed by atoms with Crippen molar-refractivity contribution in [3.8, 4) is 0 Å². The third kappa shape index (κ3) is 3.80. The van der Waals surface area contributed by atoms with E-state index < -0.39 is 17.9 Å². The highest BCUT2D eigenvalue weighted by atomic mass is 32.1. The van der Waals surface area contributed by atoms with Crippen molar-refractivity contribution in [2.75, 3.05) is 20.0 Å². The smallest absolute Gasteiger partial charge is 0.348 e. The average Bonchev–Trinajstić information content (AvgIpc) is 2.95. The molecule has 1 heterocycles. The van der Waals surface area contributed by atoms with Crippen LogP contribution in [0, 0.1) is 6.92 Å². The average molecular weight is 363 g/mol. The second kappa shape index (κ2) is 7.80. The van der Waals surface area contributed by atoms with Crippen molar-refractivity contribution in [2.24, 2.45) is 0 Å². The second-order valence-corrected chi connectivity index (χ2v) is 6.08. The van der Waals surface area contributed by atoms with Crippen LogP contribution in [0.4, 0.5) is 5.00 Å². The van der Waals surface area contributed by atoms with Gasteiger partial charge in [-0.3, -0.25) is 0 Å². The monoisotopic (exact) mass is 363 g/mol. The van der Waals surface area contributed by atoms with E-state index in [2.05, 4.69) is 0 Å².